The quantitative estimate of drug-likeness (QED) is 0.589. The first-order chi connectivity index (χ1) is 9.61. The molecule has 0 unspecified atom stereocenters. The minimum atomic E-state index is 0.215. The van der Waals surface area contributed by atoms with Crippen LogP contribution in [0, 0.1) is 0 Å². The standard InChI is InChI=1S/C15H13Cl3O2/c16-6-1-7-20-15-13(17)8-11(9-14(15)18)10-2-4-12(19)5-3-10/h2-5,8-9,19H,1,6-7H2. The van der Waals surface area contributed by atoms with E-state index in [2.05, 4.69) is 0 Å². The van der Waals surface area contributed by atoms with Crippen LogP contribution < -0.4 is 4.74 Å². The molecule has 2 nitrogen and oxygen atoms in total. The summed E-state index contributed by atoms with van der Waals surface area (Å²) in [6.07, 6.45) is 0.730. The van der Waals surface area contributed by atoms with Crippen molar-refractivity contribution < 1.29 is 9.84 Å². The van der Waals surface area contributed by atoms with Crippen LogP contribution in [0.15, 0.2) is 36.4 Å². The van der Waals surface area contributed by atoms with Gasteiger partial charge in [-0.25, -0.2) is 0 Å². The van der Waals surface area contributed by atoms with Crippen molar-refractivity contribution in [3.05, 3.63) is 46.4 Å². The van der Waals surface area contributed by atoms with E-state index in [0.29, 0.717) is 28.3 Å². The summed E-state index contributed by atoms with van der Waals surface area (Å²) < 4.78 is 5.53. The number of phenolic OH excluding ortho intramolecular Hbond substituents is 1. The minimum Gasteiger partial charge on any atom is -0.508 e. The van der Waals surface area contributed by atoms with Crippen LogP contribution in [0.4, 0.5) is 0 Å². The maximum Gasteiger partial charge on any atom is 0.156 e. The zero-order valence-electron chi connectivity index (χ0n) is 10.6. The first-order valence-electron chi connectivity index (χ1n) is 6.09. The van der Waals surface area contributed by atoms with Crippen LogP contribution in [0.3, 0.4) is 0 Å². The molecule has 5 heteroatoms. The molecule has 0 aliphatic heterocycles. The summed E-state index contributed by atoms with van der Waals surface area (Å²) in [5.74, 6) is 1.22. The normalized spacial score (nSPS) is 10.6. The summed E-state index contributed by atoms with van der Waals surface area (Å²) >= 11 is 18.0. The average Bonchev–Trinajstić information content (AvgIpc) is 2.42. The van der Waals surface area contributed by atoms with Crippen molar-refractivity contribution in [1.82, 2.24) is 0 Å². The SMILES string of the molecule is Oc1ccc(-c2cc(Cl)c(OCCCCl)c(Cl)c2)cc1. The lowest BCUT2D eigenvalue weighted by atomic mass is 10.1. The molecule has 0 saturated heterocycles. The van der Waals surface area contributed by atoms with E-state index in [1.165, 1.54) is 0 Å². The highest BCUT2D eigenvalue weighted by Crippen LogP contribution is 2.37. The Balaban J connectivity index is 2.27. The zero-order valence-corrected chi connectivity index (χ0v) is 12.8. The van der Waals surface area contributed by atoms with Crippen molar-refractivity contribution >= 4 is 34.8 Å². The molecule has 1 N–H and O–H groups in total. The average molecular weight is 332 g/mol. The summed E-state index contributed by atoms with van der Waals surface area (Å²) in [7, 11) is 0. The lowest BCUT2D eigenvalue weighted by Gasteiger charge is -2.11. The summed E-state index contributed by atoms with van der Waals surface area (Å²) in [4.78, 5) is 0. The highest BCUT2D eigenvalue weighted by Gasteiger charge is 2.11. The molecule has 0 amide bonds. The Morgan fingerprint density at radius 3 is 2.10 bits per heavy atom. The van der Waals surface area contributed by atoms with E-state index in [1.54, 1.807) is 36.4 Å². The number of halogens is 3. The van der Waals surface area contributed by atoms with Gasteiger partial charge in [0.1, 0.15) is 5.75 Å². The molecule has 106 valence electrons. The van der Waals surface area contributed by atoms with Crippen LogP contribution in [0.1, 0.15) is 6.42 Å². The van der Waals surface area contributed by atoms with E-state index in [-0.39, 0.29) is 5.75 Å². The monoisotopic (exact) mass is 330 g/mol. The Labute approximate surface area is 132 Å². The number of hydrogen-bond donors (Lipinski definition) is 1. The van der Waals surface area contributed by atoms with E-state index in [0.717, 1.165) is 17.5 Å². The first-order valence-corrected chi connectivity index (χ1v) is 7.38. The molecular weight excluding hydrogens is 319 g/mol. The second kappa shape index (κ2) is 7.07. The van der Waals surface area contributed by atoms with Crippen molar-refractivity contribution in [2.75, 3.05) is 12.5 Å². The minimum absolute atomic E-state index is 0.215. The van der Waals surface area contributed by atoms with Crippen molar-refractivity contribution in [2.24, 2.45) is 0 Å². The molecule has 0 saturated carbocycles. The predicted octanol–water partition coefficient (Wildman–Crippen LogP) is 5.37. The molecule has 0 fully saturated rings. The van der Waals surface area contributed by atoms with E-state index >= 15 is 0 Å². The summed E-state index contributed by atoms with van der Waals surface area (Å²) in [6, 6.07) is 10.4. The van der Waals surface area contributed by atoms with Crippen LogP contribution in [-0.2, 0) is 0 Å². The van der Waals surface area contributed by atoms with Crippen LogP contribution in [0.25, 0.3) is 11.1 Å². The van der Waals surface area contributed by atoms with Gasteiger partial charge in [-0.2, -0.15) is 0 Å². The number of phenols is 1. The fourth-order valence-corrected chi connectivity index (χ4v) is 2.45. The Hall–Kier alpha value is -1.09. The van der Waals surface area contributed by atoms with Crippen LogP contribution in [-0.4, -0.2) is 17.6 Å². The zero-order chi connectivity index (χ0) is 14.5. The Bertz CT molecular complexity index is 559. The molecule has 0 spiro atoms. The van der Waals surface area contributed by atoms with Crippen molar-refractivity contribution in [1.29, 1.82) is 0 Å². The van der Waals surface area contributed by atoms with Gasteiger partial charge in [0.05, 0.1) is 16.7 Å². The van der Waals surface area contributed by atoms with Crippen molar-refractivity contribution in [3.63, 3.8) is 0 Å². The van der Waals surface area contributed by atoms with Gasteiger partial charge in [-0.3, -0.25) is 0 Å². The molecular formula is C15H13Cl3O2. The van der Waals surface area contributed by atoms with Crippen LogP contribution >= 0.6 is 34.8 Å². The van der Waals surface area contributed by atoms with Gasteiger partial charge in [-0.15, -0.1) is 11.6 Å². The number of alkyl halides is 1. The molecule has 2 aromatic carbocycles. The molecule has 0 radical (unpaired) electrons. The van der Waals surface area contributed by atoms with E-state index in [4.69, 9.17) is 39.5 Å². The fourth-order valence-electron chi connectivity index (χ4n) is 1.75. The number of rotatable bonds is 5. The lowest BCUT2D eigenvalue weighted by Crippen LogP contribution is -1.99. The predicted molar refractivity (Wildman–Crippen MR) is 84.4 cm³/mol. The maximum atomic E-state index is 9.29. The third-order valence-corrected chi connectivity index (χ3v) is 3.55. The summed E-state index contributed by atoms with van der Waals surface area (Å²) in [5.41, 5.74) is 1.78. The largest absolute Gasteiger partial charge is 0.508 e. The van der Waals surface area contributed by atoms with Gasteiger partial charge in [0.2, 0.25) is 0 Å². The Kier molecular flexibility index (Phi) is 5.41. The molecule has 2 aromatic rings. The van der Waals surface area contributed by atoms with Crippen LogP contribution in [0.2, 0.25) is 10.0 Å². The highest BCUT2D eigenvalue weighted by molar-refractivity contribution is 6.37. The number of benzene rings is 2. The molecule has 0 aliphatic rings. The van der Waals surface area contributed by atoms with E-state index < -0.39 is 0 Å². The Morgan fingerprint density at radius 1 is 0.950 bits per heavy atom. The van der Waals surface area contributed by atoms with Gasteiger partial charge in [-0.05, 0) is 41.8 Å². The Morgan fingerprint density at radius 2 is 1.55 bits per heavy atom. The van der Waals surface area contributed by atoms with Crippen molar-refractivity contribution in [3.8, 4) is 22.6 Å². The number of hydrogen-bond acceptors (Lipinski definition) is 2. The third kappa shape index (κ3) is 3.72. The van der Waals surface area contributed by atoms with Gasteiger partial charge in [0, 0.05) is 5.88 Å². The lowest BCUT2D eigenvalue weighted by molar-refractivity contribution is 0.319. The van der Waals surface area contributed by atoms with Gasteiger partial charge in [0.15, 0.2) is 5.75 Å². The molecule has 20 heavy (non-hydrogen) atoms. The maximum absolute atomic E-state index is 9.29. The molecule has 0 bridgehead atoms. The smallest absolute Gasteiger partial charge is 0.156 e. The first kappa shape index (κ1) is 15.3. The molecule has 0 heterocycles. The van der Waals surface area contributed by atoms with Gasteiger partial charge in [-0.1, -0.05) is 35.3 Å². The second-order valence-corrected chi connectivity index (χ2v) is 5.40. The van der Waals surface area contributed by atoms with E-state index in [1.807, 2.05) is 0 Å². The molecule has 2 rings (SSSR count). The van der Waals surface area contributed by atoms with Gasteiger partial charge < -0.3 is 9.84 Å². The highest BCUT2D eigenvalue weighted by atomic mass is 35.5. The van der Waals surface area contributed by atoms with Gasteiger partial charge >= 0.3 is 0 Å². The van der Waals surface area contributed by atoms with Crippen molar-refractivity contribution in [2.45, 2.75) is 6.42 Å². The number of aromatic hydroxyl groups is 1. The topological polar surface area (TPSA) is 29.5 Å². The molecule has 0 aliphatic carbocycles. The molecule has 0 atom stereocenters. The molecule has 0 aromatic heterocycles. The summed E-state index contributed by atoms with van der Waals surface area (Å²) in [6.45, 7) is 0.474. The van der Waals surface area contributed by atoms with Gasteiger partial charge in [0.25, 0.3) is 0 Å². The fraction of sp³-hybridized carbons (Fsp3) is 0.200. The van der Waals surface area contributed by atoms with Crippen LogP contribution in [0.5, 0.6) is 11.5 Å². The number of ether oxygens (including phenoxy) is 1. The second-order valence-electron chi connectivity index (χ2n) is 4.21. The van der Waals surface area contributed by atoms with E-state index in [9.17, 15) is 5.11 Å². The third-order valence-electron chi connectivity index (χ3n) is 2.72. The summed E-state index contributed by atoms with van der Waals surface area (Å²) in [5, 5.41) is 10.2.